The molecule has 0 bridgehead atoms. The molecule has 0 spiro atoms. The zero-order chi connectivity index (χ0) is 11.3. The van der Waals surface area contributed by atoms with Gasteiger partial charge in [0.1, 0.15) is 0 Å². The molecule has 0 aliphatic heterocycles. The van der Waals surface area contributed by atoms with E-state index >= 15 is 0 Å². The summed E-state index contributed by atoms with van der Waals surface area (Å²) in [5.74, 6) is 0.687. The molecule has 0 amide bonds. The zero-order valence-electron chi connectivity index (χ0n) is 10.7. The van der Waals surface area contributed by atoms with E-state index in [-0.39, 0.29) is 12.4 Å². The summed E-state index contributed by atoms with van der Waals surface area (Å²) in [6, 6.07) is 4.74. The van der Waals surface area contributed by atoms with Gasteiger partial charge in [0.2, 0.25) is 0 Å². The first kappa shape index (κ1) is 15.4. The van der Waals surface area contributed by atoms with Crippen LogP contribution in [0.5, 0.6) is 0 Å². The Kier molecular flexibility index (Phi) is 7.35. The number of aromatic nitrogens is 1. The Bertz CT molecular complexity index is 300. The molecule has 0 aromatic carbocycles. The van der Waals surface area contributed by atoms with Gasteiger partial charge in [-0.1, -0.05) is 26.8 Å². The van der Waals surface area contributed by atoms with Crippen LogP contribution in [0.2, 0.25) is 0 Å². The molecule has 0 radical (unpaired) electrons. The average molecular weight is 243 g/mol. The molecule has 2 nitrogen and oxygen atoms in total. The van der Waals surface area contributed by atoms with E-state index in [0.717, 1.165) is 12.2 Å². The molecule has 0 saturated heterocycles. The van der Waals surface area contributed by atoms with E-state index in [4.69, 9.17) is 0 Å². The Morgan fingerprint density at radius 2 is 2.06 bits per heavy atom. The lowest BCUT2D eigenvalue weighted by Gasteiger charge is -2.21. The monoisotopic (exact) mass is 242 g/mol. The van der Waals surface area contributed by atoms with Crippen LogP contribution in [0, 0.1) is 12.8 Å². The minimum atomic E-state index is 0. The van der Waals surface area contributed by atoms with Crippen molar-refractivity contribution in [2.24, 2.45) is 5.92 Å². The second-order valence-electron chi connectivity index (χ2n) is 4.39. The van der Waals surface area contributed by atoms with Crippen molar-refractivity contribution in [2.45, 2.75) is 46.7 Å². The lowest BCUT2D eigenvalue weighted by molar-refractivity contribution is 0.387. The standard InChI is InChI=1S/C13H22N2.ClH/c1-5-13(10(2)3)15-9-12-7-6-8-14-11(12)4;/h6-8,10,13,15H,5,9H2,1-4H3;1H. The van der Waals surface area contributed by atoms with Gasteiger partial charge in [-0.05, 0) is 30.9 Å². The van der Waals surface area contributed by atoms with Crippen LogP contribution in [-0.4, -0.2) is 11.0 Å². The summed E-state index contributed by atoms with van der Waals surface area (Å²) in [4.78, 5) is 4.29. The Morgan fingerprint density at radius 1 is 1.38 bits per heavy atom. The number of hydrogen-bond acceptors (Lipinski definition) is 2. The largest absolute Gasteiger partial charge is 0.310 e. The van der Waals surface area contributed by atoms with Gasteiger partial charge in [0.15, 0.2) is 0 Å². The number of pyridine rings is 1. The molecule has 3 heteroatoms. The number of halogens is 1. The minimum absolute atomic E-state index is 0. The third-order valence-corrected chi connectivity index (χ3v) is 2.92. The molecule has 0 aliphatic carbocycles. The number of nitrogens with zero attached hydrogens (tertiary/aromatic N) is 1. The van der Waals surface area contributed by atoms with Crippen molar-refractivity contribution in [3.05, 3.63) is 29.6 Å². The molecular formula is C13H23ClN2. The predicted octanol–water partition coefficient (Wildman–Crippen LogP) is 3.34. The van der Waals surface area contributed by atoms with E-state index in [9.17, 15) is 0 Å². The summed E-state index contributed by atoms with van der Waals surface area (Å²) in [5, 5.41) is 3.59. The van der Waals surface area contributed by atoms with Gasteiger partial charge in [-0.2, -0.15) is 0 Å². The van der Waals surface area contributed by atoms with Crippen LogP contribution < -0.4 is 5.32 Å². The lowest BCUT2D eigenvalue weighted by Crippen LogP contribution is -2.32. The van der Waals surface area contributed by atoms with Crippen molar-refractivity contribution in [1.29, 1.82) is 0 Å². The quantitative estimate of drug-likeness (QED) is 0.857. The Labute approximate surface area is 105 Å². The van der Waals surface area contributed by atoms with Gasteiger partial charge in [0, 0.05) is 24.5 Å². The zero-order valence-corrected chi connectivity index (χ0v) is 11.5. The molecular weight excluding hydrogens is 220 g/mol. The van der Waals surface area contributed by atoms with Crippen molar-refractivity contribution >= 4 is 12.4 Å². The third kappa shape index (κ3) is 4.50. The Morgan fingerprint density at radius 3 is 2.56 bits per heavy atom. The van der Waals surface area contributed by atoms with Gasteiger partial charge in [0.05, 0.1) is 0 Å². The van der Waals surface area contributed by atoms with Crippen molar-refractivity contribution < 1.29 is 0 Å². The molecule has 1 aromatic heterocycles. The Hall–Kier alpha value is -0.600. The number of aryl methyl sites for hydroxylation is 1. The van der Waals surface area contributed by atoms with E-state index in [0.29, 0.717) is 12.0 Å². The molecule has 0 aliphatic rings. The first-order chi connectivity index (χ1) is 7.15. The molecule has 0 fully saturated rings. The molecule has 1 rings (SSSR count). The summed E-state index contributed by atoms with van der Waals surface area (Å²) in [5.41, 5.74) is 2.43. The van der Waals surface area contributed by atoms with Crippen LogP contribution in [0.3, 0.4) is 0 Å². The van der Waals surface area contributed by atoms with Crippen molar-refractivity contribution in [3.8, 4) is 0 Å². The lowest BCUT2D eigenvalue weighted by atomic mass is 10.0. The number of nitrogens with one attached hydrogen (secondary N) is 1. The predicted molar refractivity (Wildman–Crippen MR) is 72.0 cm³/mol. The molecule has 1 unspecified atom stereocenters. The highest BCUT2D eigenvalue weighted by Crippen LogP contribution is 2.08. The van der Waals surface area contributed by atoms with Gasteiger partial charge >= 0.3 is 0 Å². The van der Waals surface area contributed by atoms with E-state index in [1.54, 1.807) is 0 Å². The molecule has 1 atom stereocenters. The highest BCUT2D eigenvalue weighted by atomic mass is 35.5. The van der Waals surface area contributed by atoms with E-state index in [2.05, 4.69) is 44.1 Å². The van der Waals surface area contributed by atoms with Crippen molar-refractivity contribution in [2.75, 3.05) is 0 Å². The van der Waals surface area contributed by atoms with Crippen LogP contribution in [0.4, 0.5) is 0 Å². The van der Waals surface area contributed by atoms with Crippen LogP contribution in [0.1, 0.15) is 38.4 Å². The van der Waals surface area contributed by atoms with Crippen LogP contribution >= 0.6 is 12.4 Å². The maximum atomic E-state index is 4.29. The van der Waals surface area contributed by atoms with Crippen molar-refractivity contribution in [1.82, 2.24) is 10.3 Å². The summed E-state index contributed by atoms with van der Waals surface area (Å²) < 4.78 is 0. The summed E-state index contributed by atoms with van der Waals surface area (Å²) in [6.07, 6.45) is 3.02. The van der Waals surface area contributed by atoms with Gasteiger partial charge in [-0.25, -0.2) is 0 Å². The molecule has 1 N–H and O–H groups in total. The van der Waals surface area contributed by atoms with E-state index in [1.165, 1.54) is 12.0 Å². The van der Waals surface area contributed by atoms with Crippen LogP contribution in [-0.2, 0) is 6.54 Å². The smallest absolute Gasteiger partial charge is 0.0417 e. The van der Waals surface area contributed by atoms with Crippen molar-refractivity contribution in [3.63, 3.8) is 0 Å². The summed E-state index contributed by atoms with van der Waals surface area (Å²) in [7, 11) is 0. The average Bonchev–Trinajstić information content (AvgIpc) is 2.21. The third-order valence-electron chi connectivity index (χ3n) is 2.92. The first-order valence-electron chi connectivity index (χ1n) is 5.79. The highest BCUT2D eigenvalue weighted by Gasteiger charge is 2.10. The maximum absolute atomic E-state index is 4.29. The fourth-order valence-electron chi connectivity index (χ4n) is 1.80. The van der Waals surface area contributed by atoms with Gasteiger partial charge in [0.25, 0.3) is 0 Å². The second-order valence-corrected chi connectivity index (χ2v) is 4.39. The summed E-state index contributed by atoms with van der Waals surface area (Å²) in [6.45, 7) is 9.74. The van der Waals surface area contributed by atoms with Crippen LogP contribution in [0.25, 0.3) is 0 Å². The van der Waals surface area contributed by atoms with E-state index in [1.807, 2.05) is 12.3 Å². The molecule has 0 saturated carbocycles. The number of rotatable bonds is 5. The molecule has 16 heavy (non-hydrogen) atoms. The van der Waals surface area contributed by atoms with E-state index < -0.39 is 0 Å². The molecule has 1 aromatic rings. The first-order valence-corrected chi connectivity index (χ1v) is 5.79. The Balaban J connectivity index is 0.00000225. The SMILES string of the molecule is CCC(NCc1cccnc1C)C(C)C.Cl. The highest BCUT2D eigenvalue weighted by molar-refractivity contribution is 5.85. The molecule has 92 valence electrons. The fraction of sp³-hybridized carbons (Fsp3) is 0.615. The minimum Gasteiger partial charge on any atom is -0.310 e. The number of hydrogen-bond donors (Lipinski definition) is 1. The fourth-order valence-corrected chi connectivity index (χ4v) is 1.80. The maximum Gasteiger partial charge on any atom is 0.0417 e. The van der Waals surface area contributed by atoms with Gasteiger partial charge < -0.3 is 5.32 Å². The van der Waals surface area contributed by atoms with Gasteiger partial charge in [-0.3, -0.25) is 4.98 Å². The summed E-state index contributed by atoms with van der Waals surface area (Å²) >= 11 is 0. The van der Waals surface area contributed by atoms with Crippen LogP contribution in [0.15, 0.2) is 18.3 Å². The normalized spacial score (nSPS) is 12.3. The molecule has 1 heterocycles. The second kappa shape index (κ2) is 7.64. The topological polar surface area (TPSA) is 24.9 Å². The van der Waals surface area contributed by atoms with Gasteiger partial charge in [-0.15, -0.1) is 12.4 Å².